The van der Waals surface area contributed by atoms with E-state index in [1.807, 2.05) is 41.3 Å². The lowest BCUT2D eigenvalue weighted by Crippen LogP contribution is -2.39. The van der Waals surface area contributed by atoms with Gasteiger partial charge in [0.2, 0.25) is 12.7 Å². The molecule has 2 aliphatic heterocycles. The highest BCUT2D eigenvalue weighted by Crippen LogP contribution is 2.42. The SMILES string of the molecule is O=C(C=Cc1ccc(Cl)c(Cl)c1)N1CCc2c([nH]c3ccccc23)C1c1ccc2c(c1)OCO2. The number of amides is 1. The number of benzene rings is 3. The standard InChI is InChI=1S/C27H20Cl2N2O3/c28-20-8-5-16(13-21(20)29)6-10-25(32)31-12-11-19-18-3-1-2-4-22(18)30-26(19)27(31)17-7-9-23-24(14-17)34-15-33-23/h1-10,13-14,27,30H,11-12,15H2. The van der Waals surface area contributed by atoms with Crippen molar-refractivity contribution in [3.63, 3.8) is 0 Å². The minimum atomic E-state index is -0.281. The van der Waals surface area contributed by atoms with Crippen LogP contribution >= 0.6 is 23.2 Å². The Morgan fingerprint density at radius 1 is 1.00 bits per heavy atom. The lowest BCUT2D eigenvalue weighted by Gasteiger charge is -2.35. The van der Waals surface area contributed by atoms with Crippen LogP contribution in [0.5, 0.6) is 11.5 Å². The van der Waals surface area contributed by atoms with Crippen molar-refractivity contribution in [1.29, 1.82) is 0 Å². The fourth-order valence-electron chi connectivity index (χ4n) is 4.79. The number of hydrogen-bond donors (Lipinski definition) is 1. The summed E-state index contributed by atoms with van der Waals surface area (Å²) < 4.78 is 11.1. The molecule has 2 aliphatic rings. The van der Waals surface area contributed by atoms with Gasteiger partial charge in [0.15, 0.2) is 11.5 Å². The summed E-state index contributed by atoms with van der Waals surface area (Å²) in [7, 11) is 0. The number of rotatable bonds is 3. The second-order valence-corrected chi connectivity index (χ2v) is 9.18. The van der Waals surface area contributed by atoms with E-state index in [0.29, 0.717) is 28.1 Å². The Bertz CT molecular complexity index is 1460. The molecule has 1 atom stereocenters. The number of para-hydroxylation sites is 1. The summed E-state index contributed by atoms with van der Waals surface area (Å²) in [4.78, 5) is 19.0. The number of carbonyl (C=O) groups is 1. The van der Waals surface area contributed by atoms with Crippen LogP contribution in [0.3, 0.4) is 0 Å². The number of ether oxygens (including phenoxy) is 2. The molecule has 1 unspecified atom stereocenters. The van der Waals surface area contributed by atoms with Crippen LogP contribution in [0.2, 0.25) is 10.0 Å². The number of H-pyrrole nitrogens is 1. The molecule has 5 nitrogen and oxygen atoms in total. The molecule has 0 fully saturated rings. The number of hydrogen-bond acceptors (Lipinski definition) is 3. The van der Waals surface area contributed by atoms with E-state index < -0.39 is 0 Å². The van der Waals surface area contributed by atoms with E-state index in [2.05, 4.69) is 17.1 Å². The molecule has 1 aromatic heterocycles. The van der Waals surface area contributed by atoms with Gasteiger partial charge in [0, 0.05) is 29.2 Å². The number of nitrogens with zero attached hydrogens (tertiary/aromatic N) is 1. The van der Waals surface area contributed by atoms with Crippen LogP contribution in [0, 0.1) is 0 Å². The second-order valence-electron chi connectivity index (χ2n) is 8.37. The quantitative estimate of drug-likeness (QED) is 0.338. The first-order chi connectivity index (χ1) is 16.6. The van der Waals surface area contributed by atoms with Crippen molar-refractivity contribution in [2.45, 2.75) is 12.5 Å². The monoisotopic (exact) mass is 490 g/mol. The van der Waals surface area contributed by atoms with Crippen molar-refractivity contribution in [3.8, 4) is 11.5 Å². The number of fused-ring (bicyclic) bond motifs is 4. The average Bonchev–Trinajstić information content (AvgIpc) is 3.47. The molecule has 0 aliphatic carbocycles. The van der Waals surface area contributed by atoms with Crippen molar-refractivity contribution >= 4 is 46.1 Å². The molecule has 0 radical (unpaired) electrons. The Morgan fingerprint density at radius 2 is 1.85 bits per heavy atom. The first kappa shape index (κ1) is 21.1. The maximum atomic E-state index is 13.5. The van der Waals surface area contributed by atoms with Gasteiger partial charge in [0.1, 0.15) is 0 Å². The van der Waals surface area contributed by atoms with Gasteiger partial charge in [-0.15, -0.1) is 0 Å². The summed E-state index contributed by atoms with van der Waals surface area (Å²) in [6.45, 7) is 0.800. The zero-order chi connectivity index (χ0) is 23.2. The molecule has 34 heavy (non-hydrogen) atoms. The molecule has 4 aromatic rings. The van der Waals surface area contributed by atoms with Gasteiger partial charge >= 0.3 is 0 Å². The number of aromatic nitrogens is 1. The second kappa shape index (κ2) is 8.42. The Balaban J connectivity index is 1.41. The van der Waals surface area contributed by atoms with Crippen LogP contribution < -0.4 is 9.47 Å². The Morgan fingerprint density at radius 3 is 2.74 bits per heavy atom. The first-order valence-corrected chi connectivity index (χ1v) is 11.8. The van der Waals surface area contributed by atoms with Gasteiger partial charge in [-0.1, -0.05) is 53.5 Å². The van der Waals surface area contributed by atoms with Crippen LogP contribution in [0.4, 0.5) is 0 Å². The Kier molecular flexibility index (Phi) is 5.24. The van der Waals surface area contributed by atoms with E-state index in [-0.39, 0.29) is 18.7 Å². The Hall–Kier alpha value is -3.41. The summed E-state index contributed by atoms with van der Waals surface area (Å²) in [5.74, 6) is 1.33. The molecule has 0 saturated carbocycles. The van der Waals surface area contributed by atoms with Crippen molar-refractivity contribution in [2.75, 3.05) is 13.3 Å². The van der Waals surface area contributed by atoms with Crippen LogP contribution in [-0.4, -0.2) is 29.1 Å². The van der Waals surface area contributed by atoms with Gasteiger partial charge in [-0.05, 0) is 59.5 Å². The number of halogens is 2. The molecule has 170 valence electrons. The lowest BCUT2D eigenvalue weighted by atomic mass is 9.92. The van der Waals surface area contributed by atoms with Crippen LogP contribution in [0.25, 0.3) is 17.0 Å². The number of nitrogens with one attached hydrogen (secondary N) is 1. The third kappa shape index (κ3) is 3.61. The Labute approximate surface area is 206 Å². The maximum absolute atomic E-state index is 13.5. The van der Waals surface area contributed by atoms with E-state index in [4.69, 9.17) is 32.7 Å². The van der Waals surface area contributed by atoms with E-state index in [1.54, 1.807) is 24.3 Å². The molecule has 6 rings (SSSR count). The largest absolute Gasteiger partial charge is 0.454 e. The highest BCUT2D eigenvalue weighted by molar-refractivity contribution is 6.42. The fraction of sp³-hybridized carbons (Fsp3) is 0.148. The fourth-order valence-corrected chi connectivity index (χ4v) is 5.09. The normalized spacial score (nSPS) is 16.9. The third-order valence-corrected chi connectivity index (χ3v) is 7.13. The molecule has 0 bridgehead atoms. The molecule has 0 spiro atoms. The molecular formula is C27H20Cl2N2O3. The first-order valence-electron chi connectivity index (χ1n) is 11.0. The zero-order valence-electron chi connectivity index (χ0n) is 18.1. The van der Waals surface area contributed by atoms with E-state index in [9.17, 15) is 4.79 Å². The van der Waals surface area contributed by atoms with Crippen LogP contribution in [-0.2, 0) is 11.2 Å². The maximum Gasteiger partial charge on any atom is 0.247 e. The lowest BCUT2D eigenvalue weighted by molar-refractivity contribution is -0.128. The van der Waals surface area contributed by atoms with Gasteiger partial charge in [0.05, 0.1) is 16.1 Å². The molecule has 3 aromatic carbocycles. The van der Waals surface area contributed by atoms with Gasteiger partial charge in [-0.3, -0.25) is 4.79 Å². The molecule has 0 saturated heterocycles. The minimum Gasteiger partial charge on any atom is -0.454 e. The van der Waals surface area contributed by atoms with E-state index in [0.717, 1.165) is 28.8 Å². The van der Waals surface area contributed by atoms with Gasteiger partial charge in [-0.25, -0.2) is 0 Å². The predicted octanol–water partition coefficient (Wildman–Crippen LogP) is 6.39. The van der Waals surface area contributed by atoms with Crippen molar-refractivity contribution in [3.05, 3.63) is 99.2 Å². The summed E-state index contributed by atoms with van der Waals surface area (Å²) in [6.07, 6.45) is 4.13. The summed E-state index contributed by atoms with van der Waals surface area (Å²) in [6, 6.07) is 19.2. The number of aromatic amines is 1. The third-order valence-electron chi connectivity index (χ3n) is 6.39. The highest BCUT2D eigenvalue weighted by atomic mass is 35.5. The molecule has 3 heterocycles. The van der Waals surface area contributed by atoms with Gasteiger partial charge < -0.3 is 19.4 Å². The summed E-state index contributed by atoms with van der Waals surface area (Å²) in [5, 5.41) is 2.13. The topological polar surface area (TPSA) is 54.6 Å². The molecule has 1 amide bonds. The van der Waals surface area contributed by atoms with Gasteiger partial charge in [-0.2, -0.15) is 0 Å². The van der Waals surface area contributed by atoms with Gasteiger partial charge in [0.25, 0.3) is 0 Å². The smallest absolute Gasteiger partial charge is 0.247 e. The van der Waals surface area contributed by atoms with E-state index >= 15 is 0 Å². The minimum absolute atomic E-state index is 0.0851. The van der Waals surface area contributed by atoms with E-state index in [1.165, 1.54) is 10.9 Å². The summed E-state index contributed by atoms with van der Waals surface area (Å²) in [5.41, 5.74) is 5.12. The number of carbonyl (C=O) groups excluding carboxylic acids is 1. The average molecular weight is 491 g/mol. The highest BCUT2D eigenvalue weighted by Gasteiger charge is 2.34. The zero-order valence-corrected chi connectivity index (χ0v) is 19.6. The van der Waals surface area contributed by atoms with Crippen molar-refractivity contribution in [1.82, 2.24) is 9.88 Å². The van der Waals surface area contributed by atoms with Crippen LogP contribution in [0.1, 0.15) is 28.4 Å². The van der Waals surface area contributed by atoms with Crippen LogP contribution in [0.15, 0.2) is 66.7 Å². The van der Waals surface area contributed by atoms with Crippen molar-refractivity contribution < 1.29 is 14.3 Å². The van der Waals surface area contributed by atoms with Crippen molar-refractivity contribution in [2.24, 2.45) is 0 Å². The predicted molar refractivity (Wildman–Crippen MR) is 134 cm³/mol. The molecule has 1 N–H and O–H groups in total. The molecule has 7 heteroatoms. The molecular weight excluding hydrogens is 471 g/mol. The summed E-state index contributed by atoms with van der Waals surface area (Å²) >= 11 is 12.2.